The van der Waals surface area contributed by atoms with Crippen LogP contribution in [0.1, 0.15) is 24.1 Å². The minimum Gasteiger partial charge on any atom is -0.372 e. The number of hydrogen-bond donors (Lipinski definition) is 2. The molecule has 6 heteroatoms. The van der Waals surface area contributed by atoms with Crippen molar-refractivity contribution in [3.63, 3.8) is 0 Å². The number of aromatic nitrogens is 3. The number of piperidine rings is 1. The molecule has 4 rings (SSSR count). The molecular formula is C17H24N6. The molecule has 2 aliphatic rings. The fourth-order valence-corrected chi connectivity index (χ4v) is 4.24. The van der Waals surface area contributed by atoms with Gasteiger partial charge in [0.1, 0.15) is 5.82 Å². The molecule has 3 heterocycles. The Hall–Kier alpha value is -1.95. The normalized spacial score (nSPS) is 26.9. The summed E-state index contributed by atoms with van der Waals surface area (Å²) in [6.07, 6.45) is 2.47. The van der Waals surface area contributed by atoms with Gasteiger partial charge >= 0.3 is 0 Å². The van der Waals surface area contributed by atoms with Crippen LogP contribution >= 0.6 is 0 Å². The molecule has 1 aliphatic carbocycles. The molecule has 1 aliphatic heterocycles. The lowest BCUT2D eigenvalue weighted by molar-refractivity contribution is 0.250. The van der Waals surface area contributed by atoms with Gasteiger partial charge in [0.2, 0.25) is 5.95 Å². The molecule has 2 bridgehead atoms. The molecule has 23 heavy (non-hydrogen) atoms. The van der Waals surface area contributed by atoms with Gasteiger partial charge in [-0.15, -0.1) is 0 Å². The molecular weight excluding hydrogens is 288 g/mol. The Morgan fingerprint density at radius 2 is 2.00 bits per heavy atom. The Kier molecular flexibility index (Phi) is 3.37. The van der Waals surface area contributed by atoms with Crippen molar-refractivity contribution < 1.29 is 0 Å². The zero-order valence-corrected chi connectivity index (χ0v) is 14.2. The van der Waals surface area contributed by atoms with Crippen LogP contribution in [0.5, 0.6) is 0 Å². The molecule has 6 nitrogen and oxygen atoms in total. The largest absolute Gasteiger partial charge is 0.372 e. The summed E-state index contributed by atoms with van der Waals surface area (Å²) >= 11 is 0. The van der Waals surface area contributed by atoms with E-state index < -0.39 is 0 Å². The van der Waals surface area contributed by atoms with E-state index in [4.69, 9.17) is 0 Å². The molecule has 0 amide bonds. The van der Waals surface area contributed by atoms with Crippen LogP contribution in [0.25, 0.3) is 11.0 Å². The van der Waals surface area contributed by atoms with Crippen LogP contribution in [-0.4, -0.2) is 52.6 Å². The first kappa shape index (κ1) is 14.6. The van der Waals surface area contributed by atoms with Crippen molar-refractivity contribution >= 4 is 22.8 Å². The average Bonchev–Trinajstić information content (AvgIpc) is 3.04. The Balaban J connectivity index is 1.68. The van der Waals surface area contributed by atoms with E-state index in [1.165, 1.54) is 19.4 Å². The predicted octanol–water partition coefficient (Wildman–Crippen LogP) is 2.19. The third-order valence-corrected chi connectivity index (χ3v) is 5.36. The summed E-state index contributed by atoms with van der Waals surface area (Å²) in [7, 11) is 4.12. The van der Waals surface area contributed by atoms with Gasteiger partial charge in [0.25, 0.3) is 0 Å². The Morgan fingerprint density at radius 3 is 2.65 bits per heavy atom. The van der Waals surface area contributed by atoms with Gasteiger partial charge in [-0.1, -0.05) is 0 Å². The fraction of sp³-hybridized carbons (Fsp3) is 0.588. The zero-order valence-electron chi connectivity index (χ0n) is 14.2. The maximum Gasteiger partial charge on any atom is 0.226 e. The van der Waals surface area contributed by atoms with Gasteiger partial charge in [-0.05, 0) is 51.3 Å². The second kappa shape index (κ2) is 5.30. The highest BCUT2D eigenvalue weighted by Gasteiger charge is 2.43. The van der Waals surface area contributed by atoms with Crippen molar-refractivity contribution in [3.05, 3.63) is 17.3 Å². The van der Waals surface area contributed by atoms with Crippen LogP contribution < -0.4 is 10.6 Å². The standard InChI is InChI=1S/C17H24N6/c1-9-5-10(2)19-16-14(9)15(18-3)21-17(22-16)20-13-7-12-6-11(13)8-23(12)4/h5,11-13H,6-8H2,1-4H3,(H2,18,19,20,21,22)/t11-,12-,13+/m1/s1. The second-order valence-corrected chi connectivity index (χ2v) is 7.00. The lowest BCUT2D eigenvalue weighted by Gasteiger charge is -2.29. The lowest BCUT2D eigenvalue weighted by Crippen LogP contribution is -2.38. The Morgan fingerprint density at radius 1 is 1.17 bits per heavy atom. The fourth-order valence-electron chi connectivity index (χ4n) is 4.24. The first-order chi connectivity index (χ1) is 11.0. The molecule has 0 spiro atoms. The summed E-state index contributed by atoms with van der Waals surface area (Å²) < 4.78 is 0. The molecule has 3 atom stereocenters. The van der Waals surface area contributed by atoms with E-state index in [0.29, 0.717) is 23.9 Å². The number of pyridine rings is 1. The predicted molar refractivity (Wildman–Crippen MR) is 92.9 cm³/mol. The SMILES string of the molecule is CNc1nc(N[C@H]2C[C@H]3C[C@@H]2CN3C)nc2nc(C)cc(C)c12. The number of nitrogens with one attached hydrogen (secondary N) is 2. The van der Waals surface area contributed by atoms with Gasteiger partial charge in [-0.3, -0.25) is 0 Å². The number of nitrogens with zero attached hydrogens (tertiary/aromatic N) is 4. The molecule has 1 saturated carbocycles. The van der Waals surface area contributed by atoms with Crippen molar-refractivity contribution in [1.29, 1.82) is 0 Å². The number of rotatable bonds is 3. The number of anilines is 2. The molecule has 2 N–H and O–H groups in total. The first-order valence-corrected chi connectivity index (χ1v) is 8.35. The van der Waals surface area contributed by atoms with Crippen molar-refractivity contribution in [3.8, 4) is 0 Å². The van der Waals surface area contributed by atoms with Crippen molar-refractivity contribution in [2.24, 2.45) is 5.92 Å². The first-order valence-electron chi connectivity index (χ1n) is 8.35. The summed E-state index contributed by atoms with van der Waals surface area (Å²) in [6.45, 7) is 5.26. The molecule has 0 aromatic carbocycles. The maximum absolute atomic E-state index is 4.69. The summed E-state index contributed by atoms with van der Waals surface area (Å²) in [6, 6.07) is 3.26. The van der Waals surface area contributed by atoms with E-state index in [2.05, 4.69) is 50.5 Å². The number of hydrogen-bond acceptors (Lipinski definition) is 6. The van der Waals surface area contributed by atoms with Crippen LogP contribution in [0.2, 0.25) is 0 Å². The van der Waals surface area contributed by atoms with Gasteiger partial charge in [0.05, 0.1) is 5.39 Å². The summed E-state index contributed by atoms with van der Waals surface area (Å²) in [4.78, 5) is 16.4. The monoisotopic (exact) mass is 312 g/mol. The topological polar surface area (TPSA) is 66.0 Å². The van der Waals surface area contributed by atoms with Crippen molar-refractivity contribution in [2.75, 3.05) is 31.3 Å². The van der Waals surface area contributed by atoms with Gasteiger partial charge < -0.3 is 15.5 Å². The summed E-state index contributed by atoms with van der Waals surface area (Å²) in [5.74, 6) is 2.25. The van der Waals surface area contributed by atoms with E-state index in [0.717, 1.165) is 28.1 Å². The highest BCUT2D eigenvalue weighted by molar-refractivity contribution is 5.90. The highest BCUT2D eigenvalue weighted by Crippen LogP contribution is 2.38. The van der Waals surface area contributed by atoms with Gasteiger partial charge in [-0.25, -0.2) is 4.98 Å². The Bertz CT molecular complexity index is 756. The minimum atomic E-state index is 0.476. The Labute approximate surface area is 136 Å². The van der Waals surface area contributed by atoms with E-state index in [-0.39, 0.29) is 0 Å². The van der Waals surface area contributed by atoms with Gasteiger partial charge in [-0.2, -0.15) is 9.97 Å². The lowest BCUT2D eigenvalue weighted by atomic mass is 10.0. The quantitative estimate of drug-likeness (QED) is 0.905. The van der Waals surface area contributed by atoms with Gasteiger partial charge in [0.15, 0.2) is 5.65 Å². The van der Waals surface area contributed by atoms with Crippen molar-refractivity contribution in [1.82, 2.24) is 19.9 Å². The molecule has 0 radical (unpaired) electrons. The molecule has 122 valence electrons. The van der Waals surface area contributed by atoms with Crippen molar-refractivity contribution in [2.45, 2.75) is 38.8 Å². The minimum absolute atomic E-state index is 0.476. The molecule has 2 aromatic heterocycles. The molecule has 1 saturated heterocycles. The van der Waals surface area contributed by atoms with Crippen LogP contribution in [-0.2, 0) is 0 Å². The van der Waals surface area contributed by atoms with Crippen LogP contribution in [0, 0.1) is 19.8 Å². The van der Waals surface area contributed by atoms with Crippen LogP contribution in [0.3, 0.4) is 0 Å². The van der Waals surface area contributed by atoms with E-state index in [1.54, 1.807) is 0 Å². The number of fused-ring (bicyclic) bond motifs is 3. The number of aryl methyl sites for hydroxylation is 2. The number of likely N-dealkylation sites (tertiary alicyclic amines) is 1. The van der Waals surface area contributed by atoms with E-state index in [9.17, 15) is 0 Å². The van der Waals surface area contributed by atoms with Gasteiger partial charge in [0, 0.05) is 31.4 Å². The van der Waals surface area contributed by atoms with Crippen LogP contribution in [0.15, 0.2) is 6.07 Å². The van der Waals surface area contributed by atoms with E-state index >= 15 is 0 Å². The maximum atomic E-state index is 4.69. The second-order valence-electron chi connectivity index (χ2n) is 7.00. The molecule has 2 aromatic rings. The van der Waals surface area contributed by atoms with E-state index in [1.807, 2.05) is 14.0 Å². The molecule has 2 fully saturated rings. The third-order valence-electron chi connectivity index (χ3n) is 5.36. The summed E-state index contributed by atoms with van der Waals surface area (Å²) in [5.41, 5.74) is 2.91. The zero-order chi connectivity index (χ0) is 16.1. The smallest absolute Gasteiger partial charge is 0.226 e. The molecule has 0 unspecified atom stereocenters. The average molecular weight is 312 g/mol. The summed E-state index contributed by atoms with van der Waals surface area (Å²) in [5, 5.41) is 7.78. The third kappa shape index (κ3) is 2.41. The highest BCUT2D eigenvalue weighted by atomic mass is 15.2. The van der Waals surface area contributed by atoms with Crippen LogP contribution in [0.4, 0.5) is 11.8 Å².